The third-order valence-corrected chi connectivity index (χ3v) is 2.55. The maximum Gasteiger partial charge on any atom is 0.356 e. The molecule has 2 aromatic rings. The van der Waals surface area contributed by atoms with Crippen LogP contribution in [0.25, 0.3) is 5.69 Å². The quantitative estimate of drug-likeness (QED) is 0.872. The highest BCUT2D eigenvalue weighted by atomic mass is 35.5. The largest absolute Gasteiger partial charge is 0.476 e. The summed E-state index contributed by atoms with van der Waals surface area (Å²) in [7, 11) is 0. The van der Waals surface area contributed by atoms with E-state index >= 15 is 0 Å². The maximum absolute atomic E-state index is 11.0. The van der Waals surface area contributed by atoms with Crippen molar-refractivity contribution in [3.8, 4) is 5.69 Å². The third-order valence-electron chi connectivity index (χ3n) is 2.27. The SMILES string of the molecule is Cc1ccccc1-n1ncc(Cl)c1C(=O)O. The first-order valence-corrected chi connectivity index (χ1v) is 5.02. The average molecular weight is 237 g/mol. The molecule has 0 radical (unpaired) electrons. The molecule has 0 saturated heterocycles. The number of aromatic carboxylic acids is 1. The fourth-order valence-corrected chi connectivity index (χ4v) is 1.71. The first-order valence-electron chi connectivity index (χ1n) is 4.64. The second kappa shape index (κ2) is 3.98. The Kier molecular flexibility index (Phi) is 2.66. The van der Waals surface area contributed by atoms with Gasteiger partial charge in [0.25, 0.3) is 0 Å². The van der Waals surface area contributed by atoms with Crippen LogP contribution >= 0.6 is 11.6 Å². The molecule has 1 aromatic heterocycles. The number of aryl methyl sites for hydroxylation is 1. The van der Waals surface area contributed by atoms with Gasteiger partial charge in [-0.3, -0.25) is 0 Å². The Balaban J connectivity index is 2.66. The standard InChI is InChI=1S/C11H9ClN2O2/c1-7-4-2-3-5-9(7)14-10(11(15)16)8(12)6-13-14/h2-6H,1H3,(H,15,16). The van der Waals surface area contributed by atoms with Crippen molar-refractivity contribution in [1.82, 2.24) is 9.78 Å². The molecule has 0 aliphatic carbocycles. The highest BCUT2D eigenvalue weighted by Gasteiger charge is 2.18. The molecule has 1 heterocycles. The van der Waals surface area contributed by atoms with Gasteiger partial charge in [-0.05, 0) is 18.6 Å². The van der Waals surface area contributed by atoms with E-state index in [0.717, 1.165) is 5.56 Å². The highest BCUT2D eigenvalue weighted by Crippen LogP contribution is 2.21. The number of hydrogen-bond donors (Lipinski definition) is 1. The molecule has 0 spiro atoms. The Bertz CT molecular complexity index is 549. The van der Waals surface area contributed by atoms with E-state index in [1.54, 1.807) is 6.07 Å². The van der Waals surface area contributed by atoms with Crippen molar-refractivity contribution in [2.45, 2.75) is 6.92 Å². The Morgan fingerprint density at radius 3 is 2.75 bits per heavy atom. The lowest BCUT2D eigenvalue weighted by Crippen LogP contribution is -2.09. The molecule has 82 valence electrons. The summed E-state index contributed by atoms with van der Waals surface area (Å²) in [6.07, 6.45) is 1.33. The summed E-state index contributed by atoms with van der Waals surface area (Å²) in [6.45, 7) is 1.89. The van der Waals surface area contributed by atoms with Crippen LogP contribution in [-0.4, -0.2) is 20.9 Å². The molecule has 0 bridgehead atoms. The Labute approximate surface area is 97.1 Å². The molecule has 0 amide bonds. The second-order valence-corrected chi connectivity index (χ2v) is 3.75. The van der Waals surface area contributed by atoms with Gasteiger partial charge in [-0.15, -0.1) is 0 Å². The summed E-state index contributed by atoms with van der Waals surface area (Å²) in [4.78, 5) is 11.0. The molecule has 0 aliphatic heterocycles. The molecule has 0 atom stereocenters. The van der Waals surface area contributed by atoms with Crippen molar-refractivity contribution < 1.29 is 9.90 Å². The van der Waals surface area contributed by atoms with Gasteiger partial charge >= 0.3 is 5.97 Å². The normalized spacial score (nSPS) is 10.4. The first-order chi connectivity index (χ1) is 7.61. The summed E-state index contributed by atoms with van der Waals surface area (Å²) in [5, 5.41) is 13.1. The Hall–Kier alpha value is -1.81. The molecular formula is C11H9ClN2O2. The molecule has 0 aliphatic rings. The van der Waals surface area contributed by atoms with Crippen LogP contribution in [0, 0.1) is 6.92 Å². The van der Waals surface area contributed by atoms with Crippen molar-refractivity contribution in [1.29, 1.82) is 0 Å². The van der Waals surface area contributed by atoms with E-state index in [0.29, 0.717) is 5.69 Å². The summed E-state index contributed by atoms with van der Waals surface area (Å²) in [6, 6.07) is 7.38. The number of nitrogens with zero attached hydrogens (tertiary/aromatic N) is 2. The number of aromatic nitrogens is 2. The zero-order chi connectivity index (χ0) is 11.7. The van der Waals surface area contributed by atoms with Crippen LogP contribution in [0.1, 0.15) is 16.1 Å². The van der Waals surface area contributed by atoms with Crippen molar-refractivity contribution in [3.05, 3.63) is 46.7 Å². The van der Waals surface area contributed by atoms with E-state index in [2.05, 4.69) is 5.10 Å². The van der Waals surface area contributed by atoms with Crippen LogP contribution in [0.4, 0.5) is 0 Å². The van der Waals surface area contributed by atoms with Crippen LogP contribution in [0.3, 0.4) is 0 Å². The Morgan fingerprint density at radius 1 is 1.44 bits per heavy atom. The topological polar surface area (TPSA) is 55.1 Å². The van der Waals surface area contributed by atoms with Gasteiger partial charge in [0.2, 0.25) is 0 Å². The molecule has 1 N–H and O–H groups in total. The van der Waals surface area contributed by atoms with E-state index in [-0.39, 0.29) is 10.7 Å². The van der Waals surface area contributed by atoms with Gasteiger partial charge in [0.15, 0.2) is 5.69 Å². The summed E-state index contributed by atoms with van der Waals surface area (Å²) >= 11 is 5.78. The summed E-state index contributed by atoms with van der Waals surface area (Å²) in [5.74, 6) is -1.09. The molecule has 0 fully saturated rings. The van der Waals surface area contributed by atoms with E-state index in [4.69, 9.17) is 16.7 Å². The molecule has 0 unspecified atom stereocenters. The number of carboxylic acids is 1. The lowest BCUT2D eigenvalue weighted by atomic mass is 10.2. The summed E-state index contributed by atoms with van der Waals surface area (Å²) < 4.78 is 1.33. The summed E-state index contributed by atoms with van der Waals surface area (Å²) in [5.41, 5.74) is 1.63. The molecule has 1 aromatic carbocycles. The van der Waals surface area contributed by atoms with Gasteiger partial charge < -0.3 is 5.11 Å². The lowest BCUT2D eigenvalue weighted by Gasteiger charge is -2.07. The van der Waals surface area contributed by atoms with Gasteiger partial charge in [0.05, 0.1) is 16.9 Å². The number of benzene rings is 1. The zero-order valence-corrected chi connectivity index (χ0v) is 9.27. The van der Waals surface area contributed by atoms with Crippen LogP contribution in [0.2, 0.25) is 5.02 Å². The number of carboxylic acid groups (broad SMARTS) is 1. The number of hydrogen-bond acceptors (Lipinski definition) is 2. The van der Waals surface area contributed by atoms with Gasteiger partial charge in [0.1, 0.15) is 0 Å². The monoisotopic (exact) mass is 236 g/mol. The van der Waals surface area contributed by atoms with Crippen LogP contribution < -0.4 is 0 Å². The van der Waals surface area contributed by atoms with Gasteiger partial charge in [-0.1, -0.05) is 29.8 Å². The molecular weight excluding hydrogens is 228 g/mol. The molecule has 5 heteroatoms. The third kappa shape index (κ3) is 1.67. The van der Waals surface area contributed by atoms with E-state index in [1.165, 1.54) is 10.9 Å². The maximum atomic E-state index is 11.0. The predicted octanol–water partition coefficient (Wildman–Crippen LogP) is 2.53. The van der Waals surface area contributed by atoms with Crippen LogP contribution in [0.15, 0.2) is 30.5 Å². The number of para-hydroxylation sites is 1. The molecule has 0 saturated carbocycles. The van der Waals surface area contributed by atoms with Gasteiger partial charge in [-0.25, -0.2) is 9.48 Å². The smallest absolute Gasteiger partial charge is 0.356 e. The lowest BCUT2D eigenvalue weighted by molar-refractivity contribution is 0.0687. The minimum absolute atomic E-state index is 0.0176. The van der Waals surface area contributed by atoms with E-state index in [1.807, 2.05) is 25.1 Å². The molecule has 16 heavy (non-hydrogen) atoms. The van der Waals surface area contributed by atoms with Crippen LogP contribution in [-0.2, 0) is 0 Å². The molecule has 4 nitrogen and oxygen atoms in total. The van der Waals surface area contributed by atoms with Crippen molar-refractivity contribution in [2.24, 2.45) is 0 Å². The van der Waals surface area contributed by atoms with E-state index < -0.39 is 5.97 Å². The zero-order valence-electron chi connectivity index (χ0n) is 8.51. The first kappa shape index (κ1) is 10.7. The van der Waals surface area contributed by atoms with Crippen molar-refractivity contribution in [2.75, 3.05) is 0 Å². The highest BCUT2D eigenvalue weighted by molar-refractivity contribution is 6.33. The van der Waals surface area contributed by atoms with E-state index in [9.17, 15) is 4.79 Å². The van der Waals surface area contributed by atoms with Crippen molar-refractivity contribution >= 4 is 17.6 Å². The van der Waals surface area contributed by atoms with Crippen LogP contribution in [0.5, 0.6) is 0 Å². The fraction of sp³-hybridized carbons (Fsp3) is 0.0909. The predicted molar refractivity (Wildman–Crippen MR) is 60.3 cm³/mol. The fourth-order valence-electron chi connectivity index (χ4n) is 1.50. The van der Waals surface area contributed by atoms with Gasteiger partial charge in [0, 0.05) is 0 Å². The minimum Gasteiger partial charge on any atom is -0.476 e. The average Bonchev–Trinajstić information content (AvgIpc) is 2.61. The second-order valence-electron chi connectivity index (χ2n) is 3.34. The number of halogens is 1. The van der Waals surface area contributed by atoms with Gasteiger partial charge in [-0.2, -0.15) is 5.10 Å². The number of carbonyl (C=O) groups is 1. The van der Waals surface area contributed by atoms with Crippen molar-refractivity contribution in [3.63, 3.8) is 0 Å². The number of rotatable bonds is 2. The minimum atomic E-state index is -1.09. The molecule has 2 rings (SSSR count). The Morgan fingerprint density at radius 2 is 2.12 bits per heavy atom.